The predicted molar refractivity (Wildman–Crippen MR) is 107 cm³/mol. The topological polar surface area (TPSA) is 46.6 Å². The minimum Gasteiger partial charge on any atom is -0.497 e. The summed E-state index contributed by atoms with van der Waals surface area (Å²) >= 11 is 0. The lowest BCUT2D eigenvalue weighted by Gasteiger charge is -2.23. The molecule has 0 aliphatic heterocycles. The SMILES string of the molecule is COc1cccc(CN(Cc2ccc(F)cc2)S(=O)(=O)c2ccc(C)cc2)c1. The molecule has 0 radical (unpaired) electrons. The van der Waals surface area contributed by atoms with Crippen LogP contribution >= 0.6 is 0 Å². The first-order valence-corrected chi connectivity index (χ1v) is 10.3. The van der Waals surface area contributed by atoms with E-state index < -0.39 is 10.0 Å². The average molecular weight is 399 g/mol. The fourth-order valence-electron chi connectivity index (χ4n) is 2.85. The molecule has 0 aliphatic rings. The van der Waals surface area contributed by atoms with Crippen molar-refractivity contribution in [1.82, 2.24) is 4.31 Å². The van der Waals surface area contributed by atoms with Gasteiger partial charge in [-0.05, 0) is 54.4 Å². The van der Waals surface area contributed by atoms with E-state index in [4.69, 9.17) is 4.74 Å². The number of methoxy groups -OCH3 is 1. The zero-order valence-corrected chi connectivity index (χ0v) is 16.6. The first-order chi connectivity index (χ1) is 13.4. The monoisotopic (exact) mass is 399 g/mol. The van der Waals surface area contributed by atoms with Crippen LogP contribution in [0.5, 0.6) is 5.75 Å². The van der Waals surface area contributed by atoms with E-state index in [1.807, 2.05) is 31.2 Å². The molecule has 3 aromatic rings. The molecular weight excluding hydrogens is 377 g/mol. The molecule has 6 heteroatoms. The summed E-state index contributed by atoms with van der Waals surface area (Å²) in [6.07, 6.45) is 0. The molecule has 28 heavy (non-hydrogen) atoms. The maximum Gasteiger partial charge on any atom is 0.243 e. The second-order valence-electron chi connectivity index (χ2n) is 6.56. The maximum atomic E-state index is 13.3. The first kappa shape index (κ1) is 20.0. The van der Waals surface area contributed by atoms with Crippen LogP contribution in [0.25, 0.3) is 0 Å². The molecule has 0 N–H and O–H groups in total. The highest BCUT2D eigenvalue weighted by atomic mass is 32.2. The highest BCUT2D eigenvalue weighted by molar-refractivity contribution is 7.89. The molecule has 0 saturated heterocycles. The molecule has 0 aromatic heterocycles. The van der Waals surface area contributed by atoms with Crippen LogP contribution in [0.15, 0.2) is 77.7 Å². The van der Waals surface area contributed by atoms with Gasteiger partial charge >= 0.3 is 0 Å². The van der Waals surface area contributed by atoms with Gasteiger partial charge in [-0.25, -0.2) is 12.8 Å². The van der Waals surface area contributed by atoms with Crippen molar-refractivity contribution in [3.05, 3.63) is 95.3 Å². The van der Waals surface area contributed by atoms with Gasteiger partial charge in [0.1, 0.15) is 11.6 Å². The first-order valence-electron chi connectivity index (χ1n) is 8.83. The maximum absolute atomic E-state index is 13.3. The summed E-state index contributed by atoms with van der Waals surface area (Å²) < 4.78 is 46.5. The molecule has 0 atom stereocenters. The van der Waals surface area contributed by atoms with Gasteiger partial charge in [0.25, 0.3) is 0 Å². The second kappa shape index (κ2) is 8.54. The van der Waals surface area contributed by atoms with Crippen LogP contribution in [0.3, 0.4) is 0 Å². The van der Waals surface area contributed by atoms with E-state index in [1.54, 1.807) is 43.5 Å². The lowest BCUT2D eigenvalue weighted by atomic mass is 10.2. The number of nitrogens with zero attached hydrogens (tertiary/aromatic N) is 1. The van der Waals surface area contributed by atoms with Crippen molar-refractivity contribution in [2.24, 2.45) is 0 Å². The lowest BCUT2D eigenvalue weighted by molar-refractivity contribution is 0.395. The van der Waals surface area contributed by atoms with E-state index in [1.165, 1.54) is 16.4 Å². The van der Waals surface area contributed by atoms with Gasteiger partial charge in [-0.1, -0.05) is 42.0 Å². The molecule has 0 fully saturated rings. The molecule has 0 amide bonds. The Bertz CT molecular complexity index is 1030. The third kappa shape index (κ3) is 4.77. The highest BCUT2D eigenvalue weighted by Gasteiger charge is 2.25. The Kier molecular flexibility index (Phi) is 6.11. The van der Waals surface area contributed by atoms with Crippen LogP contribution in [0, 0.1) is 12.7 Å². The number of hydrogen-bond donors (Lipinski definition) is 0. The zero-order valence-electron chi connectivity index (χ0n) is 15.8. The number of halogens is 1. The predicted octanol–water partition coefficient (Wildman–Crippen LogP) is 4.53. The van der Waals surface area contributed by atoms with Crippen molar-refractivity contribution in [2.75, 3.05) is 7.11 Å². The van der Waals surface area contributed by atoms with Gasteiger partial charge in [0.15, 0.2) is 0 Å². The molecule has 0 aliphatic carbocycles. The summed E-state index contributed by atoms with van der Waals surface area (Å²) in [6, 6.07) is 19.9. The van der Waals surface area contributed by atoms with Gasteiger partial charge in [0.2, 0.25) is 10.0 Å². The standard InChI is InChI=1S/C22H22FNO3S/c1-17-6-12-22(13-7-17)28(25,26)24(15-18-8-10-20(23)11-9-18)16-19-4-3-5-21(14-19)27-2/h3-14H,15-16H2,1-2H3. The second-order valence-corrected chi connectivity index (χ2v) is 8.50. The zero-order chi connectivity index (χ0) is 20.1. The van der Waals surface area contributed by atoms with Crippen molar-refractivity contribution in [2.45, 2.75) is 24.9 Å². The average Bonchev–Trinajstić information content (AvgIpc) is 2.69. The van der Waals surface area contributed by atoms with Crippen LogP contribution in [-0.4, -0.2) is 19.8 Å². The van der Waals surface area contributed by atoms with Crippen molar-refractivity contribution in [3.8, 4) is 5.75 Å². The third-order valence-corrected chi connectivity index (χ3v) is 6.23. The number of rotatable bonds is 7. The van der Waals surface area contributed by atoms with Crippen molar-refractivity contribution in [3.63, 3.8) is 0 Å². The summed E-state index contributed by atoms with van der Waals surface area (Å²) in [7, 11) is -2.18. The Balaban J connectivity index is 1.97. The van der Waals surface area contributed by atoms with Gasteiger partial charge < -0.3 is 4.74 Å². The summed E-state index contributed by atoms with van der Waals surface area (Å²) in [5.41, 5.74) is 2.49. The summed E-state index contributed by atoms with van der Waals surface area (Å²) in [5, 5.41) is 0. The number of aryl methyl sites for hydroxylation is 1. The third-order valence-electron chi connectivity index (χ3n) is 4.42. The molecule has 4 nitrogen and oxygen atoms in total. The Morgan fingerprint density at radius 3 is 2.18 bits per heavy atom. The fraction of sp³-hybridized carbons (Fsp3) is 0.182. The Labute approximate surface area is 165 Å². The quantitative estimate of drug-likeness (QED) is 0.586. The molecule has 3 aromatic carbocycles. The summed E-state index contributed by atoms with van der Waals surface area (Å²) in [4.78, 5) is 0.225. The number of benzene rings is 3. The van der Waals surface area contributed by atoms with Gasteiger partial charge in [0, 0.05) is 13.1 Å². The molecule has 0 bridgehead atoms. The van der Waals surface area contributed by atoms with E-state index in [2.05, 4.69) is 0 Å². The van der Waals surface area contributed by atoms with Gasteiger partial charge in [-0.2, -0.15) is 4.31 Å². The van der Waals surface area contributed by atoms with Gasteiger partial charge in [-0.15, -0.1) is 0 Å². The molecular formula is C22H22FNO3S. The fourth-order valence-corrected chi connectivity index (χ4v) is 4.27. The Hall–Kier alpha value is -2.70. The largest absolute Gasteiger partial charge is 0.497 e. The van der Waals surface area contributed by atoms with Crippen molar-refractivity contribution >= 4 is 10.0 Å². The van der Waals surface area contributed by atoms with Gasteiger partial charge in [-0.3, -0.25) is 0 Å². The van der Waals surface area contributed by atoms with Gasteiger partial charge in [0.05, 0.1) is 12.0 Å². The van der Waals surface area contributed by atoms with Crippen LogP contribution < -0.4 is 4.74 Å². The summed E-state index contributed by atoms with van der Waals surface area (Å²) in [5.74, 6) is 0.302. The van der Waals surface area contributed by atoms with E-state index in [9.17, 15) is 12.8 Å². The molecule has 0 unspecified atom stereocenters. The molecule has 3 rings (SSSR count). The minimum absolute atomic E-state index is 0.133. The van der Waals surface area contributed by atoms with E-state index in [0.29, 0.717) is 11.3 Å². The Morgan fingerprint density at radius 2 is 1.54 bits per heavy atom. The lowest BCUT2D eigenvalue weighted by Crippen LogP contribution is -2.30. The number of sulfonamides is 1. The summed E-state index contributed by atoms with van der Waals surface area (Å²) in [6.45, 7) is 2.21. The highest BCUT2D eigenvalue weighted by Crippen LogP contribution is 2.23. The smallest absolute Gasteiger partial charge is 0.243 e. The number of hydrogen-bond acceptors (Lipinski definition) is 3. The molecule has 0 spiro atoms. The van der Waals surface area contributed by atoms with Crippen LogP contribution in [-0.2, 0) is 23.1 Å². The van der Waals surface area contributed by atoms with E-state index in [-0.39, 0.29) is 23.8 Å². The van der Waals surface area contributed by atoms with Crippen molar-refractivity contribution in [1.29, 1.82) is 0 Å². The van der Waals surface area contributed by atoms with E-state index >= 15 is 0 Å². The number of ether oxygens (including phenoxy) is 1. The van der Waals surface area contributed by atoms with Crippen molar-refractivity contribution < 1.29 is 17.5 Å². The van der Waals surface area contributed by atoms with Crippen LogP contribution in [0.2, 0.25) is 0 Å². The molecule has 0 heterocycles. The molecule has 146 valence electrons. The normalized spacial score (nSPS) is 11.6. The van der Waals surface area contributed by atoms with Crippen LogP contribution in [0.4, 0.5) is 4.39 Å². The molecule has 0 saturated carbocycles. The minimum atomic E-state index is -3.75. The van der Waals surface area contributed by atoms with Crippen LogP contribution in [0.1, 0.15) is 16.7 Å². The van der Waals surface area contributed by atoms with E-state index in [0.717, 1.165) is 11.1 Å². The Morgan fingerprint density at radius 1 is 0.893 bits per heavy atom.